The average Bonchev–Trinajstić information content (AvgIpc) is 2.80. The van der Waals surface area contributed by atoms with E-state index in [0.29, 0.717) is 34.5 Å². The first-order valence-electron chi connectivity index (χ1n) is 10.6. The maximum absolute atomic E-state index is 13.2. The molecule has 0 spiro atoms. The third-order valence-electron chi connectivity index (χ3n) is 5.71. The van der Waals surface area contributed by atoms with Crippen molar-refractivity contribution in [1.29, 1.82) is 0 Å². The van der Waals surface area contributed by atoms with Crippen molar-refractivity contribution in [1.82, 2.24) is 5.32 Å². The van der Waals surface area contributed by atoms with E-state index in [-0.39, 0.29) is 6.61 Å². The molecular formula is C25H30N2O5S. The van der Waals surface area contributed by atoms with Gasteiger partial charge in [-0.3, -0.25) is 4.90 Å². The molecule has 0 amide bonds. The van der Waals surface area contributed by atoms with Crippen LogP contribution in [0.1, 0.15) is 29.7 Å². The Morgan fingerprint density at radius 2 is 1.70 bits per heavy atom. The van der Waals surface area contributed by atoms with E-state index in [0.717, 1.165) is 16.8 Å². The number of nitrogens with zero attached hydrogens (tertiary/aromatic N) is 1. The smallest absolute Gasteiger partial charge is 0.338 e. The van der Waals surface area contributed by atoms with E-state index < -0.39 is 12.0 Å². The molecular weight excluding hydrogens is 440 g/mol. The van der Waals surface area contributed by atoms with Crippen LogP contribution in [0.3, 0.4) is 0 Å². The van der Waals surface area contributed by atoms with Gasteiger partial charge in [0.2, 0.25) is 0 Å². The van der Waals surface area contributed by atoms with E-state index in [1.165, 1.54) is 5.56 Å². The maximum atomic E-state index is 13.2. The first-order valence-corrected chi connectivity index (χ1v) is 11.0. The van der Waals surface area contributed by atoms with Gasteiger partial charge in [-0.25, -0.2) is 4.79 Å². The molecule has 1 unspecified atom stereocenters. The third-order valence-corrected chi connectivity index (χ3v) is 6.02. The van der Waals surface area contributed by atoms with Crippen LogP contribution in [-0.4, -0.2) is 45.6 Å². The van der Waals surface area contributed by atoms with Gasteiger partial charge in [0.05, 0.1) is 32.4 Å². The van der Waals surface area contributed by atoms with Crippen LogP contribution in [0.4, 0.5) is 5.69 Å². The van der Waals surface area contributed by atoms with E-state index in [4.69, 9.17) is 31.2 Å². The lowest BCUT2D eigenvalue weighted by Gasteiger charge is -2.37. The summed E-state index contributed by atoms with van der Waals surface area (Å²) >= 11 is 5.75. The predicted octanol–water partition coefficient (Wildman–Crippen LogP) is 4.22. The van der Waals surface area contributed by atoms with Crippen molar-refractivity contribution < 1.29 is 23.7 Å². The van der Waals surface area contributed by atoms with Gasteiger partial charge in [-0.2, -0.15) is 0 Å². The number of ether oxygens (including phenoxy) is 4. The van der Waals surface area contributed by atoms with Crippen LogP contribution in [0.2, 0.25) is 0 Å². The van der Waals surface area contributed by atoms with Gasteiger partial charge in [0.25, 0.3) is 0 Å². The fourth-order valence-electron chi connectivity index (χ4n) is 3.76. The largest absolute Gasteiger partial charge is 0.493 e. The second-order valence-corrected chi connectivity index (χ2v) is 8.12. The molecule has 0 saturated carbocycles. The summed E-state index contributed by atoms with van der Waals surface area (Å²) in [6.45, 7) is 6.44. The summed E-state index contributed by atoms with van der Waals surface area (Å²) in [7, 11) is 4.71. The Morgan fingerprint density at radius 3 is 2.33 bits per heavy atom. The lowest BCUT2D eigenvalue weighted by Crippen LogP contribution is -2.48. The maximum Gasteiger partial charge on any atom is 0.338 e. The second kappa shape index (κ2) is 10.7. The number of methoxy groups -OCH3 is 3. The fraction of sp³-hybridized carbons (Fsp3) is 0.360. The molecule has 1 aliphatic heterocycles. The molecule has 1 atom stereocenters. The molecule has 0 fully saturated rings. The minimum absolute atomic E-state index is 0.152. The molecule has 8 heteroatoms. The zero-order valence-electron chi connectivity index (χ0n) is 19.9. The molecule has 0 bridgehead atoms. The predicted molar refractivity (Wildman–Crippen MR) is 132 cm³/mol. The Bertz CT molecular complexity index is 1080. The number of aryl methyl sites for hydroxylation is 2. The van der Waals surface area contributed by atoms with Gasteiger partial charge in [0.1, 0.15) is 6.61 Å². The molecule has 176 valence electrons. The van der Waals surface area contributed by atoms with Crippen molar-refractivity contribution in [3.63, 3.8) is 0 Å². The Morgan fingerprint density at radius 1 is 0.970 bits per heavy atom. The van der Waals surface area contributed by atoms with Crippen molar-refractivity contribution in [3.05, 3.63) is 64.4 Å². The number of anilines is 1. The summed E-state index contributed by atoms with van der Waals surface area (Å²) in [5, 5.41) is 3.82. The Balaban J connectivity index is 2.11. The molecule has 0 saturated heterocycles. The number of thiocarbonyl (C=S) groups is 1. The molecule has 1 N–H and O–H groups in total. The quantitative estimate of drug-likeness (QED) is 0.349. The lowest BCUT2D eigenvalue weighted by atomic mass is 9.94. The fourth-order valence-corrected chi connectivity index (χ4v) is 4.12. The highest BCUT2D eigenvalue weighted by atomic mass is 32.1. The number of esters is 1. The van der Waals surface area contributed by atoms with Gasteiger partial charge in [-0.15, -0.1) is 0 Å². The molecule has 1 aliphatic rings. The van der Waals surface area contributed by atoms with Crippen molar-refractivity contribution in [2.45, 2.75) is 26.8 Å². The monoisotopic (exact) mass is 470 g/mol. The second-order valence-electron chi connectivity index (χ2n) is 7.73. The Hall–Kier alpha value is -3.10. The number of carbonyl (C=O) groups is 1. The van der Waals surface area contributed by atoms with Crippen LogP contribution >= 0.6 is 12.2 Å². The first kappa shape index (κ1) is 24.5. The topological polar surface area (TPSA) is 69.3 Å². The van der Waals surface area contributed by atoms with Crippen LogP contribution in [-0.2, 0) is 14.3 Å². The van der Waals surface area contributed by atoms with Gasteiger partial charge in [-0.05, 0) is 73.9 Å². The normalized spacial score (nSPS) is 15.9. The van der Waals surface area contributed by atoms with Crippen molar-refractivity contribution in [2.24, 2.45) is 0 Å². The highest BCUT2D eigenvalue weighted by molar-refractivity contribution is 7.80. The Labute approximate surface area is 200 Å². The number of benzene rings is 2. The molecule has 2 aromatic rings. The molecule has 3 rings (SSSR count). The van der Waals surface area contributed by atoms with Crippen molar-refractivity contribution >= 4 is 29.0 Å². The van der Waals surface area contributed by atoms with Crippen LogP contribution in [0.25, 0.3) is 0 Å². The summed E-state index contributed by atoms with van der Waals surface area (Å²) in [5.41, 5.74) is 5.15. The van der Waals surface area contributed by atoms with Gasteiger partial charge in [0, 0.05) is 18.5 Å². The number of allylic oxidation sites excluding steroid dienone is 1. The average molecular weight is 471 g/mol. The van der Waals surface area contributed by atoms with Crippen LogP contribution < -0.4 is 19.7 Å². The highest BCUT2D eigenvalue weighted by Gasteiger charge is 2.36. The number of carbonyl (C=O) groups excluding carboxylic acids is 1. The van der Waals surface area contributed by atoms with E-state index in [1.54, 1.807) is 27.4 Å². The summed E-state index contributed by atoms with van der Waals surface area (Å²) in [6.07, 6.45) is 0. The van der Waals surface area contributed by atoms with Gasteiger partial charge < -0.3 is 24.3 Å². The molecule has 0 aromatic heterocycles. The molecule has 33 heavy (non-hydrogen) atoms. The standard InChI is InChI=1S/C25H30N2O5S/c1-15-7-9-19(13-16(15)2)27-17(3)22(24(28)32-12-11-29-4)23(26-25(27)33)18-8-10-20(30-5)21(14-18)31-6/h7-10,13-14,23H,11-12H2,1-6H3,(H,26,33). The van der Waals surface area contributed by atoms with Crippen molar-refractivity contribution in [3.8, 4) is 11.5 Å². The van der Waals surface area contributed by atoms with Crippen molar-refractivity contribution in [2.75, 3.05) is 39.4 Å². The van der Waals surface area contributed by atoms with Crippen LogP contribution in [0.15, 0.2) is 47.7 Å². The molecule has 0 radical (unpaired) electrons. The zero-order chi connectivity index (χ0) is 24.1. The zero-order valence-corrected chi connectivity index (χ0v) is 20.7. The summed E-state index contributed by atoms with van der Waals surface area (Å²) in [4.78, 5) is 15.1. The number of rotatable bonds is 8. The Kier molecular flexibility index (Phi) is 7.94. The van der Waals surface area contributed by atoms with Gasteiger partial charge >= 0.3 is 5.97 Å². The van der Waals surface area contributed by atoms with E-state index in [1.807, 2.05) is 43.0 Å². The number of hydrogen-bond donors (Lipinski definition) is 1. The third kappa shape index (κ3) is 5.12. The highest BCUT2D eigenvalue weighted by Crippen LogP contribution is 2.37. The van der Waals surface area contributed by atoms with Gasteiger partial charge in [-0.1, -0.05) is 12.1 Å². The van der Waals surface area contributed by atoms with Crippen LogP contribution in [0.5, 0.6) is 11.5 Å². The SMILES string of the molecule is COCCOC(=O)C1=C(C)N(c2ccc(C)c(C)c2)C(=S)NC1c1ccc(OC)c(OC)c1. The summed E-state index contributed by atoms with van der Waals surface area (Å²) in [6, 6.07) is 11.1. The molecule has 7 nitrogen and oxygen atoms in total. The molecule has 1 heterocycles. The van der Waals surface area contributed by atoms with E-state index in [9.17, 15) is 4.79 Å². The molecule has 0 aliphatic carbocycles. The number of hydrogen-bond acceptors (Lipinski definition) is 6. The summed E-state index contributed by atoms with van der Waals surface area (Å²) in [5.74, 6) is 0.721. The minimum atomic E-state index is -0.518. The number of nitrogens with one attached hydrogen (secondary N) is 1. The van der Waals surface area contributed by atoms with E-state index >= 15 is 0 Å². The lowest BCUT2D eigenvalue weighted by molar-refractivity contribution is -0.140. The van der Waals surface area contributed by atoms with Gasteiger partial charge in [0.15, 0.2) is 16.6 Å². The molecule has 2 aromatic carbocycles. The minimum Gasteiger partial charge on any atom is -0.493 e. The first-order chi connectivity index (χ1) is 15.8. The van der Waals surface area contributed by atoms with Crippen LogP contribution in [0, 0.1) is 13.8 Å². The van der Waals surface area contributed by atoms with E-state index in [2.05, 4.69) is 18.3 Å². The summed E-state index contributed by atoms with van der Waals surface area (Å²) < 4.78 is 21.4.